The second-order valence-electron chi connectivity index (χ2n) is 8.85. The molecule has 11 heteroatoms. The molecule has 2 atom stereocenters. The standard InChI is InChI=1S/C25H33N3O7S/c1-25(2,3)35-24(33)27-20(15-36)23(32)28(13-14-29)21(16-5-9-18(30)10-6-16)22(31)26-17-7-11-19(34-4)12-8-17/h5-12,20-21,29-30,36H,13-15H2,1-4H3,(H,26,31)(H,27,33). The van der Waals surface area contributed by atoms with E-state index >= 15 is 0 Å². The van der Waals surface area contributed by atoms with Gasteiger partial charge in [-0.25, -0.2) is 4.79 Å². The molecule has 0 fully saturated rings. The number of aliphatic hydroxyl groups is 1. The number of alkyl carbamates (subject to hydrolysis) is 1. The van der Waals surface area contributed by atoms with Crippen LogP contribution < -0.4 is 15.4 Å². The number of carbonyl (C=O) groups is 3. The first-order valence-corrected chi connectivity index (χ1v) is 11.9. The molecule has 0 saturated heterocycles. The Hall–Kier alpha value is -3.44. The molecule has 36 heavy (non-hydrogen) atoms. The molecule has 2 aromatic rings. The number of aromatic hydroxyl groups is 1. The third kappa shape index (κ3) is 8.35. The molecule has 0 spiro atoms. The third-order valence-corrected chi connectivity index (χ3v) is 5.29. The Morgan fingerprint density at radius 2 is 1.67 bits per heavy atom. The summed E-state index contributed by atoms with van der Waals surface area (Å²) in [7, 11) is 1.52. The Kier molecular flexibility index (Phi) is 10.4. The maximum atomic E-state index is 13.5. The minimum Gasteiger partial charge on any atom is -0.508 e. The second-order valence-corrected chi connectivity index (χ2v) is 9.21. The number of phenols is 1. The van der Waals surface area contributed by atoms with Gasteiger partial charge in [0, 0.05) is 18.0 Å². The van der Waals surface area contributed by atoms with Crippen LogP contribution in [0.15, 0.2) is 48.5 Å². The van der Waals surface area contributed by atoms with Crippen molar-refractivity contribution in [1.82, 2.24) is 10.2 Å². The summed E-state index contributed by atoms with van der Waals surface area (Å²) in [5, 5.41) is 24.7. The van der Waals surface area contributed by atoms with Crippen molar-refractivity contribution < 1.29 is 34.1 Å². The van der Waals surface area contributed by atoms with Gasteiger partial charge in [-0.3, -0.25) is 9.59 Å². The van der Waals surface area contributed by atoms with Gasteiger partial charge in [0.25, 0.3) is 5.91 Å². The van der Waals surface area contributed by atoms with E-state index in [0.717, 1.165) is 4.90 Å². The van der Waals surface area contributed by atoms with Gasteiger partial charge in [-0.2, -0.15) is 12.6 Å². The van der Waals surface area contributed by atoms with E-state index in [2.05, 4.69) is 23.3 Å². The normalized spacial score (nSPS) is 12.7. The van der Waals surface area contributed by atoms with Gasteiger partial charge >= 0.3 is 6.09 Å². The number of nitrogens with zero attached hydrogens (tertiary/aromatic N) is 1. The Morgan fingerprint density at radius 1 is 1.06 bits per heavy atom. The summed E-state index contributed by atoms with van der Waals surface area (Å²) < 4.78 is 10.4. The molecule has 2 unspecified atom stereocenters. The van der Waals surface area contributed by atoms with Gasteiger partial charge < -0.3 is 35.2 Å². The molecular weight excluding hydrogens is 486 g/mol. The highest BCUT2D eigenvalue weighted by atomic mass is 32.1. The summed E-state index contributed by atoms with van der Waals surface area (Å²) in [6.45, 7) is 4.41. The highest BCUT2D eigenvalue weighted by Gasteiger charge is 2.35. The number of methoxy groups -OCH3 is 1. The van der Waals surface area contributed by atoms with Crippen LogP contribution in [0.4, 0.5) is 10.5 Å². The first-order valence-electron chi connectivity index (χ1n) is 11.2. The van der Waals surface area contributed by atoms with Crippen molar-refractivity contribution in [2.24, 2.45) is 0 Å². The number of benzene rings is 2. The van der Waals surface area contributed by atoms with Crippen LogP contribution in [0.5, 0.6) is 11.5 Å². The Morgan fingerprint density at radius 3 is 2.17 bits per heavy atom. The van der Waals surface area contributed by atoms with Crippen molar-refractivity contribution in [1.29, 1.82) is 0 Å². The zero-order valence-electron chi connectivity index (χ0n) is 20.7. The van der Waals surface area contributed by atoms with Crippen LogP contribution in [0.3, 0.4) is 0 Å². The number of thiol groups is 1. The zero-order valence-corrected chi connectivity index (χ0v) is 21.6. The van der Waals surface area contributed by atoms with E-state index in [-0.39, 0.29) is 18.0 Å². The van der Waals surface area contributed by atoms with E-state index in [1.807, 2.05) is 0 Å². The Labute approximate surface area is 216 Å². The first-order chi connectivity index (χ1) is 17.0. The van der Waals surface area contributed by atoms with Gasteiger partial charge in [0.05, 0.1) is 13.7 Å². The lowest BCUT2D eigenvalue weighted by molar-refractivity contribution is -0.140. The molecule has 0 aliphatic rings. The van der Waals surface area contributed by atoms with E-state index < -0.39 is 42.2 Å². The highest BCUT2D eigenvalue weighted by molar-refractivity contribution is 7.80. The highest BCUT2D eigenvalue weighted by Crippen LogP contribution is 2.26. The molecule has 2 aromatic carbocycles. The van der Waals surface area contributed by atoms with Crippen molar-refractivity contribution in [3.05, 3.63) is 54.1 Å². The zero-order chi connectivity index (χ0) is 26.9. The van der Waals surface area contributed by atoms with E-state index in [0.29, 0.717) is 17.0 Å². The van der Waals surface area contributed by atoms with Crippen LogP contribution >= 0.6 is 12.6 Å². The smallest absolute Gasteiger partial charge is 0.408 e. The van der Waals surface area contributed by atoms with Gasteiger partial charge in [-0.05, 0) is 62.7 Å². The monoisotopic (exact) mass is 519 g/mol. The Balaban J connectivity index is 2.40. The maximum absolute atomic E-state index is 13.5. The number of anilines is 1. The number of phenolic OH excluding ortho intramolecular Hbond substituents is 1. The lowest BCUT2D eigenvalue weighted by Crippen LogP contribution is -2.53. The fourth-order valence-electron chi connectivity index (χ4n) is 3.32. The molecule has 10 nitrogen and oxygen atoms in total. The molecule has 0 saturated carbocycles. The lowest BCUT2D eigenvalue weighted by Gasteiger charge is -2.33. The average Bonchev–Trinajstić information content (AvgIpc) is 2.82. The number of nitrogens with one attached hydrogen (secondary N) is 2. The van der Waals surface area contributed by atoms with Crippen molar-refractivity contribution in [3.8, 4) is 11.5 Å². The molecule has 2 rings (SSSR count). The van der Waals surface area contributed by atoms with Gasteiger partial charge in [-0.1, -0.05) is 12.1 Å². The number of aliphatic hydroxyl groups excluding tert-OH is 1. The molecular formula is C25H33N3O7S. The van der Waals surface area contributed by atoms with Crippen molar-refractivity contribution in [2.45, 2.75) is 38.5 Å². The largest absolute Gasteiger partial charge is 0.508 e. The van der Waals surface area contributed by atoms with Crippen molar-refractivity contribution >= 4 is 36.2 Å². The summed E-state index contributed by atoms with van der Waals surface area (Å²) in [6.07, 6.45) is -0.817. The molecule has 4 N–H and O–H groups in total. The molecule has 0 aromatic heterocycles. The van der Waals surface area contributed by atoms with E-state index in [1.165, 1.54) is 31.4 Å². The molecule has 0 bridgehead atoms. The minimum absolute atomic E-state index is 0.0204. The first kappa shape index (κ1) is 28.8. The molecule has 0 heterocycles. The molecule has 0 aliphatic heterocycles. The molecule has 196 valence electrons. The number of rotatable bonds is 10. The molecule has 3 amide bonds. The van der Waals surface area contributed by atoms with E-state index in [9.17, 15) is 24.6 Å². The van der Waals surface area contributed by atoms with Crippen LogP contribution in [0.2, 0.25) is 0 Å². The van der Waals surface area contributed by atoms with Gasteiger partial charge in [0.15, 0.2) is 0 Å². The quantitative estimate of drug-likeness (QED) is 0.304. The molecule has 0 aliphatic carbocycles. The molecule has 0 radical (unpaired) electrons. The summed E-state index contributed by atoms with van der Waals surface area (Å²) >= 11 is 4.20. The van der Waals surface area contributed by atoms with E-state index in [4.69, 9.17) is 9.47 Å². The maximum Gasteiger partial charge on any atom is 0.408 e. The van der Waals surface area contributed by atoms with Gasteiger partial charge in [-0.15, -0.1) is 0 Å². The SMILES string of the molecule is COc1ccc(NC(=O)C(c2ccc(O)cc2)N(CCO)C(=O)C(CS)NC(=O)OC(C)(C)C)cc1. The van der Waals surface area contributed by atoms with Crippen LogP contribution in [0.1, 0.15) is 32.4 Å². The summed E-state index contributed by atoms with van der Waals surface area (Å²) in [6, 6.07) is 10.1. The summed E-state index contributed by atoms with van der Waals surface area (Å²) in [4.78, 5) is 40.5. The fourth-order valence-corrected chi connectivity index (χ4v) is 3.57. The summed E-state index contributed by atoms with van der Waals surface area (Å²) in [5.74, 6) is -0.712. The van der Waals surface area contributed by atoms with Crippen molar-refractivity contribution in [3.63, 3.8) is 0 Å². The number of ether oxygens (including phenoxy) is 2. The second kappa shape index (κ2) is 13.0. The number of amides is 3. The predicted octanol–water partition coefficient (Wildman–Crippen LogP) is 2.72. The number of hydrogen-bond acceptors (Lipinski definition) is 8. The number of hydrogen-bond donors (Lipinski definition) is 5. The van der Waals surface area contributed by atoms with Crippen LogP contribution in [0.25, 0.3) is 0 Å². The van der Waals surface area contributed by atoms with Gasteiger partial charge in [0.2, 0.25) is 5.91 Å². The van der Waals surface area contributed by atoms with Crippen LogP contribution in [-0.2, 0) is 14.3 Å². The van der Waals surface area contributed by atoms with Gasteiger partial charge in [0.1, 0.15) is 29.2 Å². The topological polar surface area (TPSA) is 137 Å². The predicted molar refractivity (Wildman–Crippen MR) is 138 cm³/mol. The number of carbonyl (C=O) groups excluding carboxylic acids is 3. The van der Waals surface area contributed by atoms with Crippen LogP contribution in [0, 0.1) is 0 Å². The summed E-state index contributed by atoms with van der Waals surface area (Å²) in [5.41, 5.74) is 0.0562. The fraction of sp³-hybridized carbons (Fsp3) is 0.400. The minimum atomic E-state index is -1.20. The van der Waals surface area contributed by atoms with Crippen LogP contribution in [-0.4, -0.2) is 70.7 Å². The van der Waals surface area contributed by atoms with E-state index in [1.54, 1.807) is 45.0 Å². The third-order valence-electron chi connectivity index (χ3n) is 4.92. The van der Waals surface area contributed by atoms with Crippen molar-refractivity contribution in [2.75, 3.05) is 31.3 Å². The average molecular weight is 520 g/mol. The lowest BCUT2D eigenvalue weighted by atomic mass is 10.0. The Bertz CT molecular complexity index is 1020.